The Bertz CT molecular complexity index is 750. The summed E-state index contributed by atoms with van der Waals surface area (Å²) in [6.45, 7) is 0. The molecule has 1 heterocycles. The second kappa shape index (κ2) is 6.96. The van der Waals surface area contributed by atoms with Gasteiger partial charge in [0.1, 0.15) is 5.57 Å². The molecule has 1 aliphatic heterocycles. The minimum absolute atomic E-state index is 0.0388. The van der Waals surface area contributed by atoms with E-state index >= 15 is 0 Å². The van der Waals surface area contributed by atoms with Gasteiger partial charge in [0.05, 0.1) is 7.11 Å². The third kappa shape index (κ3) is 3.35. The number of benzene rings is 1. The predicted octanol–water partition coefficient (Wildman–Crippen LogP) is 2.20. The molecule has 2 aliphatic rings. The second-order valence-corrected chi connectivity index (χ2v) is 6.22. The van der Waals surface area contributed by atoms with Crippen LogP contribution < -0.4 is 10.1 Å². The third-order valence-electron chi connectivity index (χ3n) is 4.59. The van der Waals surface area contributed by atoms with Crippen molar-refractivity contribution in [1.82, 2.24) is 10.2 Å². The van der Waals surface area contributed by atoms with Crippen molar-refractivity contribution in [2.24, 2.45) is 0 Å². The minimum atomic E-state index is -0.714. The molecule has 0 spiro atoms. The minimum Gasteiger partial charge on any atom is -0.504 e. The van der Waals surface area contributed by atoms with Gasteiger partial charge in [0.2, 0.25) is 0 Å². The largest absolute Gasteiger partial charge is 0.504 e. The third-order valence-corrected chi connectivity index (χ3v) is 4.59. The highest BCUT2D eigenvalue weighted by Gasteiger charge is 2.40. The molecule has 3 rings (SSSR count). The van der Waals surface area contributed by atoms with Crippen LogP contribution in [0.25, 0.3) is 6.08 Å². The fourth-order valence-electron chi connectivity index (χ4n) is 3.29. The number of phenolic OH excluding ortho intramolecular Hbond substituents is 1. The van der Waals surface area contributed by atoms with E-state index in [1.165, 1.54) is 30.2 Å². The van der Waals surface area contributed by atoms with E-state index < -0.39 is 17.8 Å². The maximum Gasteiger partial charge on any atom is 0.331 e. The molecule has 0 unspecified atom stereocenters. The summed E-state index contributed by atoms with van der Waals surface area (Å²) in [5.74, 6) is -1.09. The second-order valence-electron chi connectivity index (χ2n) is 6.22. The van der Waals surface area contributed by atoms with Crippen LogP contribution in [0.4, 0.5) is 4.79 Å². The number of imide groups is 2. The number of rotatable bonds is 3. The SMILES string of the molecule is COc1cc(/C=C2/C(=O)NC(=O)N(C3CCCCC3)C2=O)ccc1O. The Balaban J connectivity index is 1.92. The monoisotopic (exact) mass is 344 g/mol. The number of carbonyl (C=O) groups is 3. The van der Waals surface area contributed by atoms with Crippen LogP contribution in [0, 0.1) is 0 Å². The smallest absolute Gasteiger partial charge is 0.331 e. The Labute approximate surface area is 145 Å². The molecule has 1 aromatic carbocycles. The van der Waals surface area contributed by atoms with Crippen LogP contribution in [-0.2, 0) is 9.59 Å². The number of nitrogens with zero attached hydrogens (tertiary/aromatic N) is 1. The van der Waals surface area contributed by atoms with Gasteiger partial charge in [-0.3, -0.25) is 19.8 Å². The van der Waals surface area contributed by atoms with Crippen molar-refractivity contribution in [2.45, 2.75) is 38.1 Å². The zero-order valence-corrected chi connectivity index (χ0v) is 13.9. The fourth-order valence-corrected chi connectivity index (χ4v) is 3.29. The van der Waals surface area contributed by atoms with Crippen molar-refractivity contribution in [3.05, 3.63) is 29.3 Å². The number of carbonyl (C=O) groups excluding carboxylic acids is 3. The maximum atomic E-state index is 12.8. The quantitative estimate of drug-likeness (QED) is 0.647. The van der Waals surface area contributed by atoms with Crippen molar-refractivity contribution in [3.63, 3.8) is 0 Å². The summed E-state index contributed by atoms with van der Waals surface area (Å²) in [5, 5.41) is 11.9. The first-order valence-electron chi connectivity index (χ1n) is 8.29. The molecule has 25 heavy (non-hydrogen) atoms. The molecule has 4 amide bonds. The highest BCUT2D eigenvalue weighted by Crippen LogP contribution is 2.29. The van der Waals surface area contributed by atoms with Crippen LogP contribution in [0.5, 0.6) is 11.5 Å². The lowest BCUT2D eigenvalue weighted by molar-refractivity contribution is -0.132. The fraction of sp³-hybridized carbons (Fsp3) is 0.389. The van der Waals surface area contributed by atoms with Crippen LogP contribution in [-0.4, -0.2) is 41.0 Å². The lowest BCUT2D eigenvalue weighted by Crippen LogP contribution is -2.58. The van der Waals surface area contributed by atoms with Gasteiger partial charge in [0.15, 0.2) is 11.5 Å². The van der Waals surface area contributed by atoms with Gasteiger partial charge in [0, 0.05) is 6.04 Å². The summed E-state index contributed by atoms with van der Waals surface area (Å²) >= 11 is 0. The Morgan fingerprint density at radius 2 is 1.92 bits per heavy atom. The predicted molar refractivity (Wildman–Crippen MR) is 89.9 cm³/mol. The molecule has 132 valence electrons. The number of urea groups is 1. The van der Waals surface area contributed by atoms with E-state index in [0.717, 1.165) is 32.1 Å². The van der Waals surface area contributed by atoms with Gasteiger partial charge >= 0.3 is 6.03 Å². The molecule has 1 saturated heterocycles. The summed E-state index contributed by atoms with van der Waals surface area (Å²) in [7, 11) is 1.41. The number of barbiturate groups is 1. The normalized spacial score (nSPS) is 20.8. The molecule has 7 heteroatoms. The van der Waals surface area contributed by atoms with Gasteiger partial charge in [-0.05, 0) is 36.6 Å². The Morgan fingerprint density at radius 1 is 1.20 bits per heavy atom. The summed E-state index contributed by atoms with van der Waals surface area (Å²) in [5.41, 5.74) is 0.420. The number of aromatic hydroxyl groups is 1. The molecular formula is C18H20N2O5. The van der Waals surface area contributed by atoms with Crippen LogP contribution in [0.15, 0.2) is 23.8 Å². The highest BCUT2D eigenvalue weighted by atomic mass is 16.5. The topological polar surface area (TPSA) is 95.9 Å². The van der Waals surface area contributed by atoms with Gasteiger partial charge < -0.3 is 9.84 Å². The van der Waals surface area contributed by atoms with Crippen molar-refractivity contribution in [1.29, 1.82) is 0 Å². The van der Waals surface area contributed by atoms with Crippen molar-refractivity contribution < 1.29 is 24.2 Å². The molecule has 2 N–H and O–H groups in total. The summed E-state index contributed by atoms with van der Waals surface area (Å²) in [6, 6.07) is 3.67. The standard InChI is InChI=1S/C18H20N2O5/c1-25-15-10-11(7-8-14(15)21)9-13-16(22)19-18(24)20(17(13)23)12-5-3-2-4-6-12/h7-10,12,21H,2-6H2,1H3,(H,19,22,24)/b13-9-. The number of hydrogen-bond donors (Lipinski definition) is 2. The number of methoxy groups -OCH3 is 1. The van der Waals surface area contributed by atoms with Crippen LogP contribution in [0.2, 0.25) is 0 Å². The number of phenols is 1. The molecule has 0 radical (unpaired) electrons. The lowest BCUT2D eigenvalue weighted by Gasteiger charge is -2.35. The van der Waals surface area contributed by atoms with Crippen LogP contribution in [0.1, 0.15) is 37.7 Å². The van der Waals surface area contributed by atoms with Crippen LogP contribution in [0.3, 0.4) is 0 Å². The summed E-state index contributed by atoms with van der Waals surface area (Å²) in [6.07, 6.45) is 5.94. The Hall–Kier alpha value is -2.83. The van der Waals surface area contributed by atoms with E-state index in [4.69, 9.17) is 4.74 Å². The number of nitrogens with one attached hydrogen (secondary N) is 1. The van der Waals surface area contributed by atoms with Crippen molar-refractivity contribution in [2.75, 3.05) is 7.11 Å². The van der Waals surface area contributed by atoms with Gasteiger partial charge in [-0.2, -0.15) is 0 Å². The first-order chi connectivity index (χ1) is 12.0. The molecular weight excluding hydrogens is 324 g/mol. The molecule has 0 aromatic heterocycles. The van der Waals surface area contributed by atoms with E-state index in [1.54, 1.807) is 6.07 Å². The van der Waals surface area contributed by atoms with E-state index in [1.807, 2.05) is 0 Å². The van der Waals surface area contributed by atoms with E-state index in [0.29, 0.717) is 5.56 Å². The van der Waals surface area contributed by atoms with Gasteiger partial charge in [0.25, 0.3) is 11.8 Å². The summed E-state index contributed by atoms with van der Waals surface area (Å²) in [4.78, 5) is 38.2. The zero-order chi connectivity index (χ0) is 18.0. The van der Waals surface area contributed by atoms with Crippen molar-refractivity contribution >= 4 is 23.9 Å². The first-order valence-corrected chi connectivity index (χ1v) is 8.29. The van der Waals surface area contributed by atoms with Gasteiger partial charge in [-0.1, -0.05) is 25.3 Å². The average molecular weight is 344 g/mol. The van der Waals surface area contributed by atoms with Crippen LogP contribution >= 0.6 is 0 Å². The average Bonchev–Trinajstić information content (AvgIpc) is 2.60. The molecule has 7 nitrogen and oxygen atoms in total. The molecule has 1 aromatic rings. The number of amides is 4. The number of ether oxygens (including phenoxy) is 1. The highest BCUT2D eigenvalue weighted by molar-refractivity contribution is 6.31. The van der Waals surface area contributed by atoms with E-state index in [-0.39, 0.29) is 23.1 Å². The van der Waals surface area contributed by atoms with Gasteiger partial charge in [-0.25, -0.2) is 4.79 Å². The van der Waals surface area contributed by atoms with E-state index in [2.05, 4.69) is 5.32 Å². The Kier molecular flexibility index (Phi) is 4.74. The lowest BCUT2D eigenvalue weighted by atomic mass is 9.93. The molecule has 0 atom stereocenters. The van der Waals surface area contributed by atoms with Gasteiger partial charge in [-0.15, -0.1) is 0 Å². The molecule has 2 fully saturated rings. The summed E-state index contributed by atoms with van der Waals surface area (Å²) < 4.78 is 5.03. The first kappa shape index (κ1) is 17.0. The number of hydrogen-bond acceptors (Lipinski definition) is 5. The molecule has 1 saturated carbocycles. The maximum absolute atomic E-state index is 12.8. The zero-order valence-electron chi connectivity index (χ0n) is 13.9. The van der Waals surface area contributed by atoms with E-state index in [9.17, 15) is 19.5 Å². The Morgan fingerprint density at radius 3 is 2.60 bits per heavy atom. The van der Waals surface area contributed by atoms with Crippen molar-refractivity contribution in [3.8, 4) is 11.5 Å². The molecule has 0 bridgehead atoms. The molecule has 1 aliphatic carbocycles.